The lowest BCUT2D eigenvalue weighted by molar-refractivity contribution is -0.137. The molecule has 0 bridgehead atoms. The molecular formula is C17H13F3N4OS2. The number of halogens is 3. The van der Waals surface area contributed by atoms with Gasteiger partial charge in [0.25, 0.3) is 0 Å². The van der Waals surface area contributed by atoms with E-state index in [4.69, 9.17) is 5.73 Å². The molecule has 0 spiro atoms. The first-order valence-corrected chi connectivity index (χ1v) is 9.46. The minimum atomic E-state index is -4.62. The number of nitrogens with zero attached hydrogens (tertiary/aromatic N) is 2. The summed E-state index contributed by atoms with van der Waals surface area (Å²) in [6, 6.07) is 9.33. The number of carbonyl (C=O) groups excluding carboxylic acids is 1. The first-order chi connectivity index (χ1) is 12.8. The summed E-state index contributed by atoms with van der Waals surface area (Å²) in [7, 11) is 0. The predicted molar refractivity (Wildman–Crippen MR) is 101 cm³/mol. The van der Waals surface area contributed by atoms with E-state index in [1.165, 1.54) is 17.5 Å². The fourth-order valence-electron chi connectivity index (χ4n) is 2.18. The normalized spacial score (nSPS) is 11.4. The van der Waals surface area contributed by atoms with Crippen molar-refractivity contribution in [3.8, 4) is 10.6 Å². The summed E-state index contributed by atoms with van der Waals surface area (Å²) in [6.45, 7) is 0. The molecule has 1 amide bonds. The van der Waals surface area contributed by atoms with Crippen LogP contribution in [0, 0.1) is 0 Å². The zero-order chi connectivity index (χ0) is 19.4. The number of nitrogens with two attached hydrogens (primary N) is 1. The van der Waals surface area contributed by atoms with Gasteiger partial charge >= 0.3 is 6.18 Å². The van der Waals surface area contributed by atoms with Crippen molar-refractivity contribution in [2.24, 2.45) is 0 Å². The predicted octanol–water partition coefficient (Wildman–Crippen LogP) is 4.54. The summed E-state index contributed by atoms with van der Waals surface area (Å²) in [6.07, 6.45) is -3.10. The van der Waals surface area contributed by atoms with Gasteiger partial charge in [-0.25, -0.2) is 9.97 Å². The molecule has 0 fully saturated rings. The molecule has 0 unspecified atom stereocenters. The third-order valence-electron chi connectivity index (χ3n) is 3.38. The Hall–Kier alpha value is -2.59. The number of thiophene rings is 1. The molecule has 3 aromatic rings. The Morgan fingerprint density at radius 3 is 2.70 bits per heavy atom. The van der Waals surface area contributed by atoms with Crippen molar-refractivity contribution in [2.75, 3.05) is 16.8 Å². The highest BCUT2D eigenvalue weighted by atomic mass is 32.2. The summed E-state index contributed by atoms with van der Waals surface area (Å²) >= 11 is 2.11. The van der Waals surface area contributed by atoms with Gasteiger partial charge in [0.1, 0.15) is 10.8 Å². The zero-order valence-electron chi connectivity index (χ0n) is 13.7. The van der Waals surface area contributed by atoms with E-state index in [-0.39, 0.29) is 16.5 Å². The Kier molecular flexibility index (Phi) is 5.66. The second kappa shape index (κ2) is 7.97. The van der Waals surface area contributed by atoms with E-state index in [1.54, 1.807) is 35.7 Å². The molecule has 0 radical (unpaired) electrons. The van der Waals surface area contributed by atoms with Crippen LogP contribution < -0.4 is 11.1 Å². The molecule has 0 aliphatic rings. The van der Waals surface area contributed by atoms with Gasteiger partial charge < -0.3 is 11.1 Å². The van der Waals surface area contributed by atoms with Crippen LogP contribution >= 0.6 is 23.1 Å². The van der Waals surface area contributed by atoms with Crippen LogP contribution in [0.2, 0.25) is 0 Å². The van der Waals surface area contributed by atoms with Crippen molar-refractivity contribution in [1.29, 1.82) is 0 Å². The molecule has 5 nitrogen and oxygen atoms in total. The lowest BCUT2D eigenvalue weighted by atomic mass is 10.1. The van der Waals surface area contributed by atoms with Crippen LogP contribution in [0.25, 0.3) is 10.6 Å². The topological polar surface area (TPSA) is 80.9 Å². The van der Waals surface area contributed by atoms with E-state index < -0.39 is 23.3 Å². The molecular weight excluding hydrogens is 397 g/mol. The van der Waals surface area contributed by atoms with E-state index in [0.717, 1.165) is 17.8 Å². The highest BCUT2D eigenvalue weighted by Crippen LogP contribution is 2.40. The highest BCUT2D eigenvalue weighted by molar-refractivity contribution is 8.00. The van der Waals surface area contributed by atoms with Gasteiger partial charge in [-0.3, -0.25) is 4.79 Å². The Morgan fingerprint density at radius 1 is 1.26 bits per heavy atom. The van der Waals surface area contributed by atoms with E-state index >= 15 is 0 Å². The Bertz CT molecular complexity index is 931. The van der Waals surface area contributed by atoms with Gasteiger partial charge in [-0.2, -0.15) is 13.2 Å². The average molecular weight is 410 g/mol. The molecule has 3 heterocycles. The maximum Gasteiger partial charge on any atom is 0.418 e. The van der Waals surface area contributed by atoms with Crippen molar-refractivity contribution in [3.63, 3.8) is 0 Å². The third kappa shape index (κ3) is 4.77. The first-order valence-electron chi connectivity index (χ1n) is 7.60. The van der Waals surface area contributed by atoms with Gasteiger partial charge in [0.15, 0.2) is 0 Å². The highest BCUT2D eigenvalue weighted by Gasteiger charge is 2.35. The molecule has 0 aliphatic heterocycles. The number of nitrogen functional groups attached to an aromatic ring is 1. The monoisotopic (exact) mass is 410 g/mol. The number of carbonyl (C=O) groups is 1. The molecule has 3 rings (SSSR count). The standard InChI is InChI=1S/C17H13F3N4OS2/c18-17(19,20)10-8-11(12-4-3-7-26-12)23-16(15(10)21)27-9-14(25)24-13-5-1-2-6-22-13/h1-8H,9,21H2,(H,22,24,25). The smallest absolute Gasteiger partial charge is 0.396 e. The number of aromatic nitrogens is 2. The van der Waals surface area contributed by atoms with Crippen molar-refractivity contribution in [1.82, 2.24) is 9.97 Å². The minimum Gasteiger partial charge on any atom is -0.396 e. The second-order valence-electron chi connectivity index (χ2n) is 5.30. The van der Waals surface area contributed by atoms with E-state index in [1.807, 2.05) is 0 Å². The molecule has 10 heteroatoms. The van der Waals surface area contributed by atoms with Crippen molar-refractivity contribution >= 4 is 40.5 Å². The average Bonchev–Trinajstić information content (AvgIpc) is 3.15. The number of pyridine rings is 2. The summed E-state index contributed by atoms with van der Waals surface area (Å²) in [5, 5.41) is 4.27. The molecule has 0 aromatic carbocycles. The van der Waals surface area contributed by atoms with Crippen LogP contribution in [-0.4, -0.2) is 21.6 Å². The second-order valence-corrected chi connectivity index (χ2v) is 7.21. The Balaban J connectivity index is 1.83. The summed E-state index contributed by atoms with van der Waals surface area (Å²) in [4.78, 5) is 20.8. The van der Waals surface area contributed by atoms with Crippen LogP contribution in [0.5, 0.6) is 0 Å². The van der Waals surface area contributed by atoms with E-state index in [2.05, 4.69) is 15.3 Å². The molecule has 27 heavy (non-hydrogen) atoms. The van der Waals surface area contributed by atoms with E-state index in [9.17, 15) is 18.0 Å². The maximum atomic E-state index is 13.3. The van der Waals surface area contributed by atoms with Gasteiger partial charge in [0.05, 0.1) is 27.6 Å². The zero-order valence-corrected chi connectivity index (χ0v) is 15.3. The number of amides is 1. The quantitative estimate of drug-likeness (QED) is 0.604. The minimum absolute atomic E-state index is 0.0376. The maximum absolute atomic E-state index is 13.3. The molecule has 3 N–H and O–H groups in total. The number of rotatable bonds is 5. The van der Waals surface area contributed by atoms with Gasteiger partial charge in [-0.05, 0) is 29.6 Å². The summed E-state index contributed by atoms with van der Waals surface area (Å²) in [5.41, 5.74) is 4.40. The fraction of sp³-hybridized carbons (Fsp3) is 0.118. The lowest BCUT2D eigenvalue weighted by Crippen LogP contribution is -2.16. The number of thioether (sulfide) groups is 1. The van der Waals surface area contributed by atoms with Crippen molar-refractivity contribution in [3.05, 3.63) is 53.5 Å². The molecule has 0 atom stereocenters. The number of alkyl halides is 3. The molecule has 0 aliphatic carbocycles. The summed E-state index contributed by atoms with van der Waals surface area (Å²) in [5.74, 6) is -0.221. The van der Waals surface area contributed by atoms with Gasteiger partial charge in [0, 0.05) is 6.20 Å². The van der Waals surface area contributed by atoms with Crippen LogP contribution in [-0.2, 0) is 11.0 Å². The molecule has 0 saturated carbocycles. The van der Waals surface area contributed by atoms with Crippen LogP contribution in [0.4, 0.5) is 24.7 Å². The van der Waals surface area contributed by atoms with Crippen LogP contribution in [0.3, 0.4) is 0 Å². The largest absolute Gasteiger partial charge is 0.418 e. The van der Waals surface area contributed by atoms with Gasteiger partial charge in [-0.15, -0.1) is 11.3 Å². The third-order valence-corrected chi connectivity index (χ3v) is 5.26. The molecule has 3 aromatic heterocycles. The van der Waals surface area contributed by atoms with Crippen LogP contribution in [0.1, 0.15) is 5.56 Å². The van der Waals surface area contributed by atoms with Crippen molar-refractivity contribution in [2.45, 2.75) is 11.2 Å². The van der Waals surface area contributed by atoms with E-state index in [0.29, 0.717) is 10.7 Å². The van der Waals surface area contributed by atoms with Gasteiger partial charge in [-0.1, -0.05) is 23.9 Å². The van der Waals surface area contributed by atoms with Crippen LogP contribution in [0.15, 0.2) is 53.0 Å². The fourth-order valence-corrected chi connectivity index (χ4v) is 3.63. The number of hydrogen-bond donors (Lipinski definition) is 2. The molecule has 0 saturated heterocycles. The number of nitrogens with one attached hydrogen (secondary N) is 1. The molecule has 140 valence electrons. The van der Waals surface area contributed by atoms with Crippen molar-refractivity contribution < 1.29 is 18.0 Å². The number of anilines is 2. The van der Waals surface area contributed by atoms with Gasteiger partial charge in [0.2, 0.25) is 5.91 Å². The lowest BCUT2D eigenvalue weighted by Gasteiger charge is -2.14. The number of hydrogen-bond acceptors (Lipinski definition) is 6. The SMILES string of the molecule is Nc1c(C(F)(F)F)cc(-c2cccs2)nc1SCC(=O)Nc1ccccn1. The Labute approximate surface area is 160 Å². The summed E-state index contributed by atoms with van der Waals surface area (Å²) < 4.78 is 40.0. The first kappa shape index (κ1) is 19.2. The Morgan fingerprint density at radius 2 is 2.07 bits per heavy atom.